The number of piperazine rings is 1. The number of hydrogen-bond acceptors (Lipinski definition) is 5. The number of amides is 1. The highest BCUT2D eigenvalue weighted by molar-refractivity contribution is 5.78. The quantitative estimate of drug-likeness (QED) is 0.513. The number of nitrogens with one attached hydrogen (secondary N) is 1. The molecule has 2 saturated heterocycles. The molecule has 36 heavy (non-hydrogen) atoms. The van der Waals surface area contributed by atoms with Gasteiger partial charge in [0.05, 0.1) is 12.2 Å². The zero-order valence-corrected chi connectivity index (χ0v) is 22.5. The lowest BCUT2D eigenvalue weighted by Crippen LogP contribution is -2.46. The Morgan fingerprint density at radius 2 is 1.89 bits per heavy atom. The van der Waals surface area contributed by atoms with Crippen LogP contribution in [0.4, 0.5) is 5.69 Å². The molecule has 0 radical (unpaired) electrons. The Bertz CT molecular complexity index is 1010. The van der Waals surface area contributed by atoms with Crippen molar-refractivity contribution < 1.29 is 14.3 Å². The number of carbonyl (C=O) groups excluding carboxylic acids is 1. The second-order valence-corrected chi connectivity index (χ2v) is 10.9. The summed E-state index contributed by atoms with van der Waals surface area (Å²) in [6.45, 7) is 15.6. The molecule has 0 saturated carbocycles. The lowest BCUT2D eigenvalue weighted by Gasteiger charge is -2.37. The van der Waals surface area contributed by atoms with E-state index in [-0.39, 0.29) is 17.4 Å². The van der Waals surface area contributed by atoms with Crippen LogP contribution < -0.4 is 15.0 Å². The van der Waals surface area contributed by atoms with E-state index in [0.29, 0.717) is 19.8 Å². The summed E-state index contributed by atoms with van der Waals surface area (Å²) in [5, 5.41) is 3.08. The molecule has 1 atom stereocenters. The van der Waals surface area contributed by atoms with Gasteiger partial charge in [0.15, 0.2) is 0 Å². The minimum Gasteiger partial charge on any atom is -0.494 e. The van der Waals surface area contributed by atoms with Crippen LogP contribution in [0.15, 0.2) is 42.5 Å². The molecule has 4 rings (SSSR count). The molecule has 0 aromatic heterocycles. The molecule has 2 aromatic carbocycles. The second kappa shape index (κ2) is 12.1. The van der Waals surface area contributed by atoms with Crippen LogP contribution in [0.3, 0.4) is 0 Å². The summed E-state index contributed by atoms with van der Waals surface area (Å²) >= 11 is 0. The van der Waals surface area contributed by atoms with E-state index in [4.69, 9.17) is 9.47 Å². The van der Waals surface area contributed by atoms with Crippen LogP contribution in [0, 0.1) is 19.8 Å². The first-order valence-corrected chi connectivity index (χ1v) is 13.5. The number of nitrogens with zero attached hydrogens (tertiary/aromatic N) is 2. The Morgan fingerprint density at radius 3 is 2.67 bits per heavy atom. The van der Waals surface area contributed by atoms with Gasteiger partial charge in [0.25, 0.3) is 0 Å². The highest BCUT2D eigenvalue weighted by Crippen LogP contribution is 2.28. The third-order valence-corrected chi connectivity index (χ3v) is 7.55. The predicted octanol–water partition coefficient (Wildman–Crippen LogP) is 4.72. The van der Waals surface area contributed by atoms with Crippen molar-refractivity contribution in [2.24, 2.45) is 5.92 Å². The molecule has 196 valence electrons. The summed E-state index contributed by atoms with van der Waals surface area (Å²) in [6.07, 6.45) is 2.38. The van der Waals surface area contributed by atoms with Gasteiger partial charge < -0.3 is 19.7 Å². The van der Waals surface area contributed by atoms with E-state index in [9.17, 15) is 4.79 Å². The molecule has 2 aliphatic rings. The van der Waals surface area contributed by atoms with Gasteiger partial charge in [-0.25, -0.2) is 0 Å². The highest BCUT2D eigenvalue weighted by atomic mass is 16.5. The van der Waals surface area contributed by atoms with Gasteiger partial charge in [0.1, 0.15) is 5.75 Å². The Labute approximate surface area is 217 Å². The Hall–Kier alpha value is -2.57. The molecule has 1 N–H and O–H groups in total. The molecule has 2 aromatic rings. The van der Waals surface area contributed by atoms with E-state index < -0.39 is 0 Å². The minimum atomic E-state index is -0.206. The normalized spacial score (nSPS) is 20.2. The van der Waals surface area contributed by atoms with Crippen molar-refractivity contribution in [1.82, 2.24) is 10.2 Å². The summed E-state index contributed by atoms with van der Waals surface area (Å²) in [4.78, 5) is 17.5. The number of anilines is 1. The molecule has 2 heterocycles. The molecule has 0 bridgehead atoms. The fraction of sp³-hybridized carbons (Fsp3) is 0.567. The van der Waals surface area contributed by atoms with Gasteiger partial charge in [0.2, 0.25) is 5.91 Å². The van der Waals surface area contributed by atoms with E-state index in [2.05, 4.69) is 79.2 Å². The van der Waals surface area contributed by atoms with Crippen molar-refractivity contribution in [3.05, 3.63) is 59.2 Å². The molecule has 0 aliphatic carbocycles. The van der Waals surface area contributed by atoms with Crippen LogP contribution >= 0.6 is 0 Å². The topological polar surface area (TPSA) is 54.0 Å². The van der Waals surface area contributed by atoms with E-state index in [1.165, 1.54) is 22.4 Å². The van der Waals surface area contributed by atoms with Gasteiger partial charge in [-0.15, -0.1) is 0 Å². The largest absolute Gasteiger partial charge is 0.494 e. The van der Waals surface area contributed by atoms with Crippen LogP contribution in [0.5, 0.6) is 5.75 Å². The summed E-state index contributed by atoms with van der Waals surface area (Å²) in [5.41, 5.74) is 5.20. The first-order valence-electron chi connectivity index (χ1n) is 13.5. The predicted molar refractivity (Wildman–Crippen MR) is 146 cm³/mol. The molecule has 2 aliphatic heterocycles. The number of ether oxygens (including phenoxy) is 2. The number of aryl methyl sites for hydroxylation is 1. The maximum Gasteiger partial charge on any atom is 0.223 e. The molecule has 0 unspecified atom stereocenters. The van der Waals surface area contributed by atoms with E-state index in [1.54, 1.807) is 0 Å². The molecule has 6 nitrogen and oxygen atoms in total. The minimum absolute atomic E-state index is 0.0500. The van der Waals surface area contributed by atoms with Crippen molar-refractivity contribution in [3.8, 4) is 5.75 Å². The van der Waals surface area contributed by atoms with Crippen molar-refractivity contribution in [1.29, 1.82) is 0 Å². The Balaban J connectivity index is 1.16. The van der Waals surface area contributed by atoms with Crippen molar-refractivity contribution in [3.63, 3.8) is 0 Å². The second-order valence-electron chi connectivity index (χ2n) is 10.9. The number of carbonyl (C=O) groups is 1. The molecule has 0 spiro atoms. The third-order valence-electron chi connectivity index (χ3n) is 7.55. The highest BCUT2D eigenvalue weighted by Gasteiger charge is 2.32. The van der Waals surface area contributed by atoms with Crippen molar-refractivity contribution in [2.75, 3.05) is 50.8 Å². The summed E-state index contributed by atoms with van der Waals surface area (Å²) in [6, 6.07) is 15.0. The first kappa shape index (κ1) is 26.5. The van der Waals surface area contributed by atoms with Crippen LogP contribution in [-0.4, -0.2) is 62.3 Å². The summed E-state index contributed by atoms with van der Waals surface area (Å²) < 4.78 is 11.7. The zero-order valence-electron chi connectivity index (χ0n) is 22.5. The maximum absolute atomic E-state index is 12.5. The summed E-state index contributed by atoms with van der Waals surface area (Å²) in [7, 11) is 0. The Kier molecular flexibility index (Phi) is 8.91. The fourth-order valence-electron chi connectivity index (χ4n) is 5.29. The van der Waals surface area contributed by atoms with Crippen LogP contribution in [0.1, 0.15) is 49.8 Å². The lowest BCUT2D eigenvalue weighted by atomic mass is 9.88. The van der Waals surface area contributed by atoms with Gasteiger partial charge >= 0.3 is 0 Å². The average Bonchev–Trinajstić information content (AvgIpc) is 2.86. The van der Waals surface area contributed by atoms with Crippen LogP contribution in [0.2, 0.25) is 0 Å². The monoisotopic (exact) mass is 493 g/mol. The molecule has 2 fully saturated rings. The fourth-order valence-corrected chi connectivity index (χ4v) is 5.29. The number of hydrogen-bond donors (Lipinski definition) is 1. The Morgan fingerprint density at radius 1 is 1.11 bits per heavy atom. The third kappa shape index (κ3) is 7.23. The standard InChI is InChI=1S/C30H43N3O3/c1-23-8-5-11-28(24(23)2)33-16-14-32(15-17-33)22-25-9-6-10-27(20-25)35-18-7-13-31-29(34)26-12-19-36-30(3,4)21-26/h5-6,8-11,20,26H,7,12-19,21-22H2,1-4H3,(H,31,34)/t26-/m0/s1. The van der Waals surface area contributed by atoms with E-state index >= 15 is 0 Å². The first-order chi connectivity index (χ1) is 17.3. The summed E-state index contributed by atoms with van der Waals surface area (Å²) in [5.74, 6) is 1.10. The smallest absolute Gasteiger partial charge is 0.223 e. The van der Waals surface area contributed by atoms with Crippen LogP contribution in [0.25, 0.3) is 0 Å². The molecular weight excluding hydrogens is 450 g/mol. The molecule has 6 heteroatoms. The molecule has 1 amide bonds. The average molecular weight is 494 g/mol. The SMILES string of the molecule is Cc1cccc(N2CCN(Cc3cccc(OCCCNC(=O)[C@H]4CCOC(C)(C)C4)c3)CC2)c1C. The molecular formula is C30H43N3O3. The van der Waals surface area contributed by atoms with Gasteiger partial charge in [0, 0.05) is 57.5 Å². The van der Waals surface area contributed by atoms with Gasteiger partial charge in [-0.2, -0.15) is 0 Å². The maximum atomic E-state index is 12.5. The van der Waals surface area contributed by atoms with Gasteiger partial charge in [-0.1, -0.05) is 24.3 Å². The lowest BCUT2D eigenvalue weighted by molar-refractivity contribution is -0.135. The van der Waals surface area contributed by atoms with E-state index in [1.807, 2.05) is 6.07 Å². The van der Waals surface area contributed by atoms with Crippen molar-refractivity contribution in [2.45, 2.75) is 59.1 Å². The van der Waals surface area contributed by atoms with Crippen molar-refractivity contribution >= 4 is 11.6 Å². The van der Waals surface area contributed by atoms with Gasteiger partial charge in [-0.05, 0) is 81.8 Å². The van der Waals surface area contributed by atoms with E-state index in [0.717, 1.165) is 57.7 Å². The van der Waals surface area contributed by atoms with Crippen LogP contribution in [-0.2, 0) is 16.1 Å². The number of benzene rings is 2. The zero-order chi connectivity index (χ0) is 25.5. The van der Waals surface area contributed by atoms with Gasteiger partial charge in [-0.3, -0.25) is 9.69 Å². The number of rotatable bonds is 9.